The highest BCUT2D eigenvalue weighted by molar-refractivity contribution is 7.88. The Labute approximate surface area is 137 Å². The largest absolute Gasteiger partial charge is 0.416 e. The van der Waals surface area contributed by atoms with Crippen LogP contribution in [0.25, 0.3) is 0 Å². The lowest BCUT2D eigenvalue weighted by molar-refractivity contribution is -0.154. The Morgan fingerprint density at radius 3 is 1.76 bits per heavy atom. The zero-order valence-corrected chi connectivity index (χ0v) is 13.2. The molecule has 1 aromatic carbocycles. The van der Waals surface area contributed by atoms with E-state index < -0.39 is 57.4 Å². The molecular weight excluding hydrogens is 385 g/mol. The van der Waals surface area contributed by atoms with Crippen molar-refractivity contribution < 1.29 is 48.1 Å². The summed E-state index contributed by atoms with van der Waals surface area (Å²) in [5.74, 6) is -1.52. The number of rotatable bonds is 5. The summed E-state index contributed by atoms with van der Waals surface area (Å²) in [6.07, 6.45) is -13.4. The van der Waals surface area contributed by atoms with E-state index in [0.717, 1.165) is 6.92 Å². The predicted octanol–water partition coefficient (Wildman–Crippen LogP) is 4.06. The third-order valence-electron chi connectivity index (χ3n) is 2.96. The molecule has 142 valence electrons. The summed E-state index contributed by atoms with van der Waals surface area (Å²) in [5, 5.41) is -4.29. The zero-order valence-electron chi connectivity index (χ0n) is 12.4. The minimum Gasteiger partial charge on any atom is -0.343 e. The lowest BCUT2D eigenvalue weighted by Crippen LogP contribution is -2.38. The van der Waals surface area contributed by atoms with Crippen molar-refractivity contribution in [3.05, 3.63) is 35.4 Å². The van der Waals surface area contributed by atoms with Crippen molar-refractivity contribution in [3.63, 3.8) is 0 Å². The maximum absolute atomic E-state index is 14.9. The molecule has 1 aromatic rings. The van der Waals surface area contributed by atoms with E-state index in [-0.39, 0.29) is 24.3 Å². The fraction of sp³-hybridized carbons (Fsp3) is 0.462. The van der Waals surface area contributed by atoms with E-state index in [1.807, 2.05) is 0 Å². The van der Waals surface area contributed by atoms with Gasteiger partial charge >= 0.3 is 28.4 Å². The average Bonchev–Trinajstić information content (AvgIpc) is 2.43. The highest BCUT2D eigenvalue weighted by Gasteiger charge is 2.56. The second kappa shape index (κ2) is 6.81. The van der Waals surface area contributed by atoms with Crippen LogP contribution >= 0.6 is 0 Å². The van der Waals surface area contributed by atoms with Crippen LogP contribution in [0.15, 0.2) is 24.3 Å². The predicted molar refractivity (Wildman–Crippen MR) is 70.2 cm³/mol. The lowest BCUT2D eigenvalue weighted by atomic mass is 10.0. The smallest absolute Gasteiger partial charge is 0.343 e. The van der Waals surface area contributed by atoms with Crippen LogP contribution in [0.1, 0.15) is 30.9 Å². The first-order valence-electron chi connectivity index (χ1n) is 6.52. The Balaban J connectivity index is 3.45. The number of hydrogen-bond donors (Lipinski definition) is 0. The average molecular weight is 396 g/mol. The minimum absolute atomic E-state index is 0.219. The van der Waals surface area contributed by atoms with Crippen LogP contribution in [-0.2, 0) is 30.3 Å². The summed E-state index contributed by atoms with van der Waals surface area (Å²) in [6.45, 7) is 1.11. The third-order valence-corrected chi connectivity index (χ3v) is 4.54. The molecule has 1 unspecified atom stereocenters. The van der Waals surface area contributed by atoms with Gasteiger partial charge in [-0.1, -0.05) is 19.1 Å². The monoisotopic (exact) mass is 396 g/mol. The van der Waals surface area contributed by atoms with Crippen molar-refractivity contribution in [1.82, 2.24) is 0 Å². The van der Waals surface area contributed by atoms with Crippen molar-refractivity contribution in [2.24, 2.45) is 0 Å². The maximum atomic E-state index is 14.9. The molecule has 0 saturated carbocycles. The van der Waals surface area contributed by atoms with Crippen LogP contribution in [0.3, 0.4) is 0 Å². The van der Waals surface area contributed by atoms with Crippen molar-refractivity contribution in [1.29, 1.82) is 0 Å². The maximum Gasteiger partial charge on any atom is 0.416 e. The van der Waals surface area contributed by atoms with Gasteiger partial charge in [0.05, 0.1) is 5.56 Å². The second-order valence-electron chi connectivity index (χ2n) is 4.86. The molecule has 0 N–H and O–H groups in total. The van der Waals surface area contributed by atoms with Crippen molar-refractivity contribution in [2.45, 2.75) is 37.1 Å². The van der Waals surface area contributed by atoms with Gasteiger partial charge in [-0.15, -0.1) is 0 Å². The topological polar surface area (TPSA) is 60.4 Å². The quantitative estimate of drug-likeness (QED) is 0.556. The third kappa shape index (κ3) is 5.06. The van der Waals surface area contributed by atoms with Gasteiger partial charge in [0, 0.05) is 12.0 Å². The van der Waals surface area contributed by atoms with E-state index in [9.17, 15) is 43.9 Å². The molecule has 0 saturated heterocycles. The second-order valence-corrected chi connectivity index (χ2v) is 6.58. The molecular formula is C13H11F7O4S. The van der Waals surface area contributed by atoms with Gasteiger partial charge in [0.2, 0.25) is 0 Å². The summed E-state index contributed by atoms with van der Waals surface area (Å²) in [7, 11) is -5.79. The number of hydrogen-bond acceptors (Lipinski definition) is 4. The Morgan fingerprint density at radius 1 is 0.960 bits per heavy atom. The molecule has 0 radical (unpaired) electrons. The summed E-state index contributed by atoms with van der Waals surface area (Å²) < 4.78 is 118. The number of halogens is 7. The molecule has 25 heavy (non-hydrogen) atoms. The molecule has 0 bridgehead atoms. The lowest BCUT2D eigenvalue weighted by Gasteiger charge is -2.26. The van der Waals surface area contributed by atoms with Gasteiger partial charge in [-0.3, -0.25) is 4.79 Å². The molecule has 0 fully saturated rings. The molecule has 0 aliphatic carbocycles. The number of benzene rings is 1. The van der Waals surface area contributed by atoms with E-state index >= 15 is 0 Å². The van der Waals surface area contributed by atoms with E-state index in [1.165, 1.54) is 0 Å². The zero-order chi connectivity index (χ0) is 19.7. The van der Waals surface area contributed by atoms with Gasteiger partial charge in [-0.25, -0.2) is 4.39 Å². The Morgan fingerprint density at radius 2 is 1.40 bits per heavy atom. The Kier molecular flexibility index (Phi) is 5.77. The summed E-state index contributed by atoms with van der Waals surface area (Å²) >= 11 is 0. The van der Waals surface area contributed by atoms with Crippen molar-refractivity contribution in [2.75, 3.05) is 0 Å². The minimum atomic E-state index is -5.79. The van der Waals surface area contributed by atoms with Crippen LogP contribution in [0.5, 0.6) is 0 Å². The highest BCUT2D eigenvalue weighted by Crippen LogP contribution is 2.44. The summed E-state index contributed by atoms with van der Waals surface area (Å²) in [5.41, 5.74) is -2.57. The van der Waals surface area contributed by atoms with Gasteiger partial charge in [0.25, 0.3) is 5.00 Å². The van der Waals surface area contributed by atoms with Gasteiger partial charge in [-0.2, -0.15) is 34.8 Å². The molecule has 4 nitrogen and oxygen atoms in total. The molecule has 0 heterocycles. The summed E-state index contributed by atoms with van der Waals surface area (Å²) in [6, 6.07) is 0.923. The molecule has 0 aromatic heterocycles. The van der Waals surface area contributed by atoms with Crippen LogP contribution in [-0.4, -0.2) is 20.6 Å². The van der Waals surface area contributed by atoms with Crippen LogP contribution < -0.4 is 0 Å². The first kappa shape index (κ1) is 21.2. The van der Waals surface area contributed by atoms with E-state index in [4.69, 9.17) is 0 Å². The molecule has 0 amide bonds. The van der Waals surface area contributed by atoms with E-state index in [0.29, 0.717) is 0 Å². The molecule has 0 aliphatic rings. The number of alkyl halides is 7. The SMILES string of the molecule is CCC(=O)OS(=O)(=O)C(F)(CC(F)(F)F)c1ccc(C(F)(F)F)cc1. The van der Waals surface area contributed by atoms with Crippen molar-refractivity contribution >= 4 is 16.1 Å². The standard InChI is InChI=1S/C13H11F7O4S/c1-2-10(21)24-25(22,23)11(14,7-12(15,16)17)8-3-5-9(6-4-8)13(18,19)20/h3-6H,2,7H2,1H3. The van der Waals surface area contributed by atoms with Gasteiger partial charge in [0.15, 0.2) is 0 Å². The molecule has 12 heteroatoms. The van der Waals surface area contributed by atoms with E-state index in [1.54, 1.807) is 0 Å². The summed E-state index contributed by atoms with van der Waals surface area (Å²) in [4.78, 5) is 11.1. The number of carbonyl (C=O) groups is 1. The van der Waals surface area contributed by atoms with Crippen LogP contribution in [0.2, 0.25) is 0 Å². The van der Waals surface area contributed by atoms with Crippen LogP contribution in [0, 0.1) is 0 Å². The van der Waals surface area contributed by atoms with Gasteiger partial charge in [0.1, 0.15) is 6.42 Å². The number of carbonyl (C=O) groups excluding carboxylic acids is 1. The first-order valence-corrected chi connectivity index (χ1v) is 7.93. The fourth-order valence-electron chi connectivity index (χ4n) is 1.75. The molecule has 0 spiro atoms. The highest BCUT2D eigenvalue weighted by atomic mass is 32.2. The van der Waals surface area contributed by atoms with Crippen LogP contribution in [0.4, 0.5) is 30.7 Å². The van der Waals surface area contributed by atoms with Gasteiger partial charge in [-0.05, 0) is 12.1 Å². The first-order chi connectivity index (χ1) is 11.1. The normalized spacial score (nSPS) is 15.5. The molecule has 1 rings (SSSR count). The molecule has 1 atom stereocenters. The van der Waals surface area contributed by atoms with E-state index in [2.05, 4.69) is 4.18 Å². The van der Waals surface area contributed by atoms with Gasteiger partial charge < -0.3 is 4.18 Å². The Hall–Kier alpha value is -1.85. The Bertz CT molecular complexity index is 722. The molecule has 0 aliphatic heterocycles. The fourth-order valence-corrected chi connectivity index (χ4v) is 3.01. The van der Waals surface area contributed by atoms with Crippen molar-refractivity contribution in [3.8, 4) is 0 Å².